The third kappa shape index (κ3) is 5.58. The number of anilines is 4. The lowest BCUT2D eigenvalue weighted by atomic mass is 9.86. The van der Waals surface area contributed by atoms with Gasteiger partial charge in [0.1, 0.15) is 0 Å². The Hall–Kier alpha value is -1.81. The van der Waals surface area contributed by atoms with Crippen molar-refractivity contribution >= 4 is 46.9 Å². The van der Waals surface area contributed by atoms with E-state index in [-0.39, 0.29) is 18.4 Å². The molecule has 5 nitrogen and oxygen atoms in total. The highest BCUT2D eigenvalue weighted by molar-refractivity contribution is 7.99. The number of nitrogens with one attached hydrogen (secondary N) is 2. The minimum atomic E-state index is -4.40. The summed E-state index contributed by atoms with van der Waals surface area (Å²) in [5, 5.41) is 6.93. The second-order valence-electron chi connectivity index (χ2n) is 11.2. The summed E-state index contributed by atoms with van der Waals surface area (Å²) in [6.45, 7) is 5.45. The van der Waals surface area contributed by atoms with Crippen LogP contribution in [0.15, 0.2) is 40.1 Å². The summed E-state index contributed by atoms with van der Waals surface area (Å²) in [6.07, 6.45) is 3.92. The minimum Gasteiger partial charge on any atom is -0.380 e. The first-order chi connectivity index (χ1) is 17.8. The largest absolute Gasteiger partial charge is 0.416 e. The van der Waals surface area contributed by atoms with E-state index < -0.39 is 11.7 Å². The summed E-state index contributed by atoms with van der Waals surface area (Å²) in [5.41, 5.74) is 8.96. The van der Waals surface area contributed by atoms with Crippen LogP contribution in [-0.2, 0) is 6.18 Å². The van der Waals surface area contributed by atoms with Gasteiger partial charge in [-0.15, -0.1) is 12.4 Å². The van der Waals surface area contributed by atoms with Crippen LogP contribution in [-0.4, -0.2) is 50.2 Å². The highest BCUT2D eigenvalue weighted by atomic mass is 35.5. The van der Waals surface area contributed by atoms with Gasteiger partial charge in [-0.3, -0.25) is 0 Å². The molecule has 0 unspecified atom stereocenters. The molecule has 1 saturated carbocycles. The summed E-state index contributed by atoms with van der Waals surface area (Å²) in [5.74, 6) is 0. The Bertz CT molecular complexity index is 1150. The van der Waals surface area contributed by atoms with Crippen LogP contribution in [0.25, 0.3) is 0 Å². The van der Waals surface area contributed by atoms with Gasteiger partial charge in [-0.1, -0.05) is 24.6 Å². The van der Waals surface area contributed by atoms with E-state index in [4.69, 9.17) is 5.73 Å². The van der Waals surface area contributed by atoms with Crippen LogP contribution in [0.1, 0.15) is 50.5 Å². The molecule has 10 heteroatoms. The second-order valence-corrected chi connectivity index (χ2v) is 12.3. The van der Waals surface area contributed by atoms with Crippen LogP contribution in [0.4, 0.5) is 35.9 Å². The van der Waals surface area contributed by atoms with Crippen LogP contribution in [0.5, 0.6) is 0 Å². The van der Waals surface area contributed by atoms with E-state index in [1.807, 2.05) is 0 Å². The number of nitrogens with two attached hydrogens (primary N) is 1. The number of piperidine rings is 1. The van der Waals surface area contributed by atoms with Crippen LogP contribution in [0.3, 0.4) is 0 Å². The molecule has 208 valence electrons. The molecule has 0 aromatic heterocycles. The van der Waals surface area contributed by atoms with Gasteiger partial charge in [0.05, 0.1) is 22.6 Å². The Morgan fingerprint density at radius 2 is 1.79 bits per heavy atom. The van der Waals surface area contributed by atoms with Crippen molar-refractivity contribution in [2.24, 2.45) is 11.1 Å². The zero-order valence-electron chi connectivity index (χ0n) is 21.6. The molecule has 38 heavy (non-hydrogen) atoms. The molecular weight excluding hydrogens is 531 g/mol. The first-order valence-corrected chi connectivity index (χ1v) is 14.4. The standard InChI is InChI=1S/C28H36F3N5S.ClH/c29-28(30,31)19-15-23(33-20-5-11-35(12-6-20)14-10-32)26-25(16-19)37-24-17-21(3-4-22(24)34-26)36-13-9-27(18-36)7-1-2-8-27;/h3-4,15-17,20,33-34H,1-2,5-14,18,32H2;1H. The fourth-order valence-electron chi connectivity index (χ4n) is 6.64. The Kier molecular flexibility index (Phi) is 8.02. The molecule has 2 aromatic carbocycles. The highest BCUT2D eigenvalue weighted by Crippen LogP contribution is 2.52. The van der Waals surface area contributed by atoms with Crippen LogP contribution in [0, 0.1) is 5.41 Å². The first kappa shape index (κ1) is 27.7. The third-order valence-electron chi connectivity index (χ3n) is 8.73. The van der Waals surface area contributed by atoms with Gasteiger partial charge in [-0.25, -0.2) is 0 Å². The van der Waals surface area contributed by atoms with Crippen molar-refractivity contribution in [2.45, 2.75) is 67.0 Å². The summed E-state index contributed by atoms with van der Waals surface area (Å²) in [6, 6.07) is 9.10. The number of likely N-dealkylation sites (tertiary alicyclic amines) is 1. The van der Waals surface area contributed by atoms with Gasteiger partial charge in [0.25, 0.3) is 0 Å². The number of nitrogens with zero attached hydrogens (tertiary/aromatic N) is 2. The van der Waals surface area contributed by atoms with Crippen molar-refractivity contribution in [1.82, 2.24) is 4.90 Å². The lowest BCUT2D eigenvalue weighted by molar-refractivity contribution is -0.137. The molecule has 0 amide bonds. The lowest BCUT2D eigenvalue weighted by Gasteiger charge is -2.34. The Balaban J connectivity index is 0.00000294. The molecular formula is C28H37ClF3N5S. The fourth-order valence-corrected chi connectivity index (χ4v) is 7.74. The fraction of sp³-hybridized carbons (Fsp3) is 0.571. The predicted molar refractivity (Wildman–Crippen MR) is 152 cm³/mol. The van der Waals surface area contributed by atoms with E-state index in [1.54, 1.807) is 0 Å². The van der Waals surface area contributed by atoms with E-state index >= 15 is 0 Å². The molecule has 1 aliphatic carbocycles. The zero-order chi connectivity index (χ0) is 25.6. The maximum absolute atomic E-state index is 13.9. The van der Waals surface area contributed by atoms with Gasteiger partial charge in [0, 0.05) is 60.8 Å². The van der Waals surface area contributed by atoms with Crippen molar-refractivity contribution in [2.75, 3.05) is 54.8 Å². The number of fused-ring (bicyclic) bond motifs is 2. The van der Waals surface area contributed by atoms with Crippen molar-refractivity contribution in [3.8, 4) is 0 Å². The topological polar surface area (TPSA) is 56.6 Å². The quantitative estimate of drug-likeness (QED) is 0.310. The van der Waals surface area contributed by atoms with Gasteiger partial charge in [-0.2, -0.15) is 13.2 Å². The number of hydrogen-bond donors (Lipinski definition) is 3. The molecule has 4 aliphatic rings. The molecule has 3 aliphatic heterocycles. The molecule has 0 radical (unpaired) electrons. The van der Waals surface area contributed by atoms with Crippen molar-refractivity contribution in [3.05, 3.63) is 35.9 Å². The van der Waals surface area contributed by atoms with Crippen molar-refractivity contribution < 1.29 is 13.2 Å². The second kappa shape index (κ2) is 11.0. The summed E-state index contributed by atoms with van der Waals surface area (Å²) < 4.78 is 41.6. The summed E-state index contributed by atoms with van der Waals surface area (Å²) in [7, 11) is 0. The average molecular weight is 568 g/mol. The van der Waals surface area contributed by atoms with E-state index in [0.717, 1.165) is 61.8 Å². The van der Waals surface area contributed by atoms with E-state index in [9.17, 15) is 13.2 Å². The molecule has 0 atom stereocenters. The monoisotopic (exact) mass is 567 g/mol. The lowest BCUT2D eigenvalue weighted by Crippen LogP contribution is -2.41. The number of rotatable bonds is 5. The maximum Gasteiger partial charge on any atom is 0.416 e. The van der Waals surface area contributed by atoms with Crippen molar-refractivity contribution in [1.29, 1.82) is 0 Å². The van der Waals surface area contributed by atoms with Gasteiger partial charge in [0.15, 0.2) is 0 Å². The molecule has 1 spiro atoms. The molecule has 0 bridgehead atoms. The van der Waals surface area contributed by atoms with E-state index in [2.05, 4.69) is 38.6 Å². The third-order valence-corrected chi connectivity index (χ3v) is 9.83. The minimum absolute atomic E-state index is 0. The molecule has 4 N–H and O–H groups in total. The smallest absolute Gasteiger partial charge is 0.380 e. The van der Waals surface area contributed by atoms with Gasteiger partial charge in [-0.05, 0) is 67.9 Å². The predicted octanol–water partition coefficient (Wildman–Crippen LogP) is 6.94. The van der Waals surface area contributed by atoms with Crippen molar-refractivity contribution in [3.63, 3.8) is 0 Å². The number of halogens is 4. The zero-order valence-corrected chi connectivity index (χ0v) is 23.2. The maximum atomic E-state index is 13.9. The number of alkyl halides is 3. The molecule has 2 saturated heterocycles. The molecule has 3 heterocycles. The summed E-state index contributed by atoms with van der Waals surface area (Å²) in [4.78, 5) is 6.39. The Morgan fingerprint density at radius 3 is 2.50 bits per heavy atom. The van der Waals surface area contributed by atoms with Gasteiger partial charge < -0.3 is 26.2 Å². The number of hydrogen-bond acceptors (Lipinski definition) is 6. The Labute approximate surface area is 233 Å². The van der Waals surface area contributed by atoms with Crippen LogP contribution in [0.2, 0.25) is 0 Å². The molecule has 3 fully saturated rings. The number of benzene rings is 2. The average Bonchev–Trinajstić information content (AvgIpc) is 3.53. The molecule has 2 aromatic rings. The Morgan fingerprint density at radius 1 is 1.03 bits per heavy atom. The van der Waals surface area contributed by atoms with Crippen LogP contribution >= 0.6 is 24.2 Å². The van der Waals surface area contributed by atoms with E-state index in [1.165, 1.54) is 61.7 Å². The van der Waals surface area contributed by atoms with Crippen LogP contribution < -0.4 is 21.3 Å². The highest BCUT2D eigenvalue weighted by Gasteiger charge is 2.40. The first-order valence-electron chi connectivity index (χ1n) is 13.6. The summed E-state index contributed by atoms with van der Waals surface area (Å²) >= 11 is 1.44. The van der Waals surface area contributed by atoms with Gasteiger partial charge >= 0.3 is 6.18 Å². The normalized spacial score (nSPS) is 21.1. The van der Waals surface area contributed by atoms with E-state index in [0.29, 0.717) is 22.5 Å². The van der Waals surface area contributed by atoms with Gasteiger partial charge in [0.2, 0.25) is 0 Å². The SMILES string of the molecule is Cl.NCCN1CCC(Nc2cc(C(F)(F)F)cc3c2Nc2ccc(N4CCC5(CCCC5)C4)cc2S3)CC1. The molecule has 6 rings (SSSR count).